The molecule has 0 radical (unpaired) electrons. The molecule has 4 fully saturated rings. The Bertz CT molecular complexity index is 3380. The van der Waals surface area contributed by atoms with E-state index in [0.717, 1.165) is 146 Å². The Morgan fingerprint density at radius 3 is 1.15 bits per heavy atom. The van der Waals surface area contributed by atoms with Gasteiger partial charge in [-0.1, -0.05) is 46.9 Å². The van der Waals surface area contributed by atoms with Crippen molar-refractivity contribution in [3.8, 4) is 0 Å². The first-order chi connectivity index (χ1) is 41.7. The summed E-state index contributed by atoms with van der Waals surface area (Å²) < 4.78 is 1.13. The fourth-order valence-corrected chi connectivity index (χ4v) is 11.3. The van der Waals surface area contributed by atoms with Crippen LogP contribution in [0, 0.1) is 47.8 Å². The van der Waals surface area contributed by atoms with Crippen LogP contribution in [0.5, 0.6) is 0 Å². The second kappa shape index (κ2) is 31.7. The molecule has 11 rings (SSSR count). The summed E-state index contributed by atoms with van der Waals surface area (Å²) in [4.78, 5) is 110. The molecule has 0 atom stereocenters. The van der Waals surface area contributed by atoms with Crippen LogP contribution >= 0.6 is 69.5 Å². The van der Waals surface area contributed by atoms with Crippen molar-refractivity contribution in [1.29, 1.82) is 0 Å². The van der Waals surface area contributed by atoms with E-state index >= 15 is 0 Å². The molecular weight excluding hydrogens is 1320 g/mol. The van der Waals surface area contributed by atoms with Gasteiger partial charge in [-0.15, -0.1) is 0 Å². The molecule has 0 spiro atoms. The summed E-state index contributed by atoms with van der Waals surface area (Å²) in [6.07, 6.45) is 11.2. The number of likely N-dealkylation sites (N-methyl/N-ethyl adjacent to an activating group) is 4. The molecule has 0 saturated carbocycles. The molecular formula is C53H64ClIN22O7S3. The van der Waals surface area contributed by atoms with Crippen molar-refractivity contribution in [2.45, 2.75) is 43.2 Å². The van der Waals surface area contributed by atoms with E-state index in [-0.39, 0.29) is 23.0 Å². The van der Waals surface area contributed by atoms with Crippen molar-refractivity contribution < 1.29 is 14.8 Å². The Balaban J connectivity index is 0.000000153. The average molecular weight is 1380 g/mol. The summed E-state index contributed by atoms with van der Waals surface area (Å²) >= 11 is 12.5. The van der Waals surface area contributed by atoms with Crippen LogP contribution in [0.3, 0.4) is 0 Å². The number of nitro groups is 3. The molecule has 4 saturated heterocycles. The van der Waals surface area contributed by atoms with Crippen LogP contribution < -0.4 is 25.2 Å². The number of hydrogen-bond donors (Lipinski definition) is 1. The third kappa shape index (κ3) is 19.4. The highest BCUT2D eigenvalue weighted by molar-refractivity contribution is 14.1. The van der Waals surface area contributed by atoms with Gasteiger partial charge in [0.15, 0.2) is 18.6 Å². The number of nitrogens with one attached hydrogen (secondary N) is 1. The molecule has 0 bridgehead atoms. The van der Waals surface area contributed by atoms with Crippen molar-refractivity contribution in [1.82, 2.24) is 74.4 Å². The van der Waals surface area contributed by atoms with Crippen LogP contribution in [0.25, 0.3) is 0 Å². The standard InChI is InChI=1S/C15H18N6O2S.C14H15ClN6O2S.C14H16N6O3S.C10H15IN4/c1-11-13(24-12-3-4-14(16-9-12)21(22)23)10-17-15(18-11)20-7-5-19(2)6-8-20;1-19-4-6-20(7-5-19)14-17-9-11(13(15)18-14)24-10-2-3-12(16-8-10)21(22)23;1-18-4-6-19(7-5-18)14-16-9-11(13(21)17-14)24-10-2-3-12(15-8-10)20(22)23;1-8-9(11)7-12-10(13-8)15-5-3-14(2)4-6-15/h3-4,9-10H,5-8H2,1-2H3;2-3,8-9H,4-7H2,1H3;2-3,8-9H,4-7H2,1H3,(H,16,17,21);7H,3-6H2,1-2H3. The Hall–Kier alpha value is -7.12. The van der Waals surface area contributed by atoms with E-state index in [1.165, 1.54) is 78.3 Å². The minimum absolute atomic E-state index is 0.155. The normalized spacial score (nSPS) is 16.0. The lowest BCUT2D eigenvalue weighted by Gasteiger charge is -2.32. The quantitative estimate of drug-likeness (QED) is 0.0561. The maximum atomic E-state index is 12.2. The first kappa shape index (κ1) is 65.8. The number of nitrogens with zero attached hydrogens (tertiary/aromatic N) is 21. The molecule has 87 heavy (non-hydrogen) atoms. The Kier molecular flexibility index (Phi) is 24.0. The van der Waals surface area contributed by atoms with Gasteiger partial charge in [0.1, 0.15) is 5.15 Å². The second-order valence-corrected chi connectivity index (χ2v) is 25.1. The molecule has 4 aliphatic heterocycles. The van der Waals surface area contributed by atoms with E-state index in [1.807, 2.05) is 31.1 Å². The number of pyridine rings is 3. The van der Waals surface area contributed by atoms with E-state index in [0.29, 0.717) is 31.7 Å². The summed E-state index contributed by atoms with van der Waals surface area (Å²) in [5.41, 5.74) is 1.73. The summed E-state index contributed by atoms with van der Waals surface area (Å²) in [6.45, 7) is 19.2. The fourth-order valence-electron chi connectivity index (χ4n) is 8.50. The number of aromatic nitrogens is 11. The van der Waals surface area contributed by atoms with Gasteiger partial charge in [0.05, 0.1) is 50.5 Å². The summed E-state index contributed by atoms with van der Waals surface area (Å²) in [6, 6.07) is 8.93. The maximum absolute atomic E-state index is 12.2. The third-order valence-electron chi connectivity index (χ3n) is 13.8. The van der Waals surface area contributed by atoms with Crippen molar-refractivity contribution in [2.24, 2.45) is 0 Å². The highest BCUT2D eigenvalue weighted by Crippen LogP contribution is 2.34. The van der Waals surface area contributed by atoms with Crippen LogP contribution in [-0.4, -0.2) is 222 Å². The smallest absolute Gasteiger partial charge is 0.358 e. The molecule has 11 heterocycles. The predicted octanol–water partition coefficient (Wildman–Crippen LogP) is 6.44. The van der Waals surface area contributed by atoms with Gasteiger partial charge in [0.2, 0.25) is 23.8 Å². The van der Waals surface area contributed by atoms with Gasteiger partial charge in [0.25, 0.3) is 5.56 Å². The van der Waals surface area contributed by atoms with Gasteiger partial charge in [-0.25, -0.2) is 29.9 Å². The number of halogens is 2. The SMILES string of the molecule is CN1CCN(c2ncc(Sc3ccc([N+](=O)[O-])nc3)c(=O)[nH]2)CC1.CN1CCN(c2ncc(Sc3ccc([N+](=O)[O-])nc3)c(Cl)n2)CC1.Cc1nc(N2CCN(C)CC2)ncc1I.Cc1nc(N2CCN(C)CC2)ncc1Sc1ccc([N+](=O)[O-])nc1. The maximum Gasteiger partial charge on any atom is 0.363 e. The first-order valence-corrected chi connectivity index (χ1v) is 31.2. The Morgan fingerprint density at radius 1 is 0.448 bits per heavy atom. The van der Waals surface area contributed by atoms with Crippen LogP contribution in [-0.2, 0) is 0 Å². The second-order valence-electron chi connectivity index (χ2n) is 20.2. The lowest BCUT2D eigenvalue weighted by Crippen LogP contribution is -2.45. The lowest BCUT2D eigenvalue weighted by atomic mass is 10.3. The van der Waals surface area contributed by atoms with Gasteiger partial charge in [-0.3, -0.25) is 9.78 Å². The van der Waals surface area contributed by atoms with Gasteiger partial charge < -0.3 is 69.5 Å². The number of hydrogen-bond acceptors (Lipinski definition) is 28. The van der Waals surface area contributed by atoms with E-state index in [2.05, 4.69) is 140 Å². The molecule has 1 N–H and O–H groups in total. The van der Waals surface area contributed by atoms with Gasteiger partial charge >= 0.3 is 17.5 Å². The monoisotopic (exact) mass is 1380 g/mol. The highest BCUT2D eigenvalue weighted by atomic mass is 127. The van der Waals surface area contributed by atoms with E-state index < -0.39 is 14.8 Å². The zero-order chi connectivity index (χ0) is 62.1. The summed E-state index contributed by atoms with van der Waals surface area (Å²) in [5, 5.41) is 32.2. The molecule has 34 heteroatoms. The number of anilines is 4. The lowest BCUT2D eigenvalue weighted by molar-refractivity contribution is -0.389. The molecule has 0 unspecified atom stereocenters. The largest absolute Gasteiger partial charge is 0.363 e. The minimum Gasteiger partial charge on any atom is -0.358 e. The minimum atomic E-state index is -0.562. The number of aryl methyl sites for hydroxylation is 2. The molecule has 0 amide bonds. The van der Waals surface area contributed by atoms with Crippen molar-refractivity contribution in [2.75, 3.05) is 153 Å². The molecule has 29 nitrogen and oxygen atoms in total. The average Bonchev–Trinajstić information content (AvgIpc) is 2.97. The zero-order valence-corrected chi connectivity index (χ0v) is 53.9. The number of H-pyrrole nitrogens is 1. The van der Waals surface area contributed by atoms with Crippen molar-refractivity contribution in [3.05, 3.63) is 141 Å². The van der Waals surface area contributed by atoms with Gasteiger partial charge in [-0.05, 0) is 113 Å². The van der Waals surface area contributed by atoms with Gasteiger partial charge in [0, 0.05) is 142 Å². The van der Waals surface area contributed by atoms with Crippen LogP contribution in [0.2, 0.25) is 5.15 Å². The van der Waals surface area contributed by atoms with Crippen LogP contribution in [0.15, 0.2) is 114 Å². The molecule has 0 aliphatic carbocycles. The summed E-state index contributed by atoms with van der Waals surface area (Å²) in [7, 11) is 8.41. The fraction of sp³-hybridized carbons (Fsp3) is 0.415. The highest BCUT2D eigenvalue weighted by Gasteiger charge is 2.22. The van der Waals surface area contributed by atoms with Crippen molar-refractivity contribution >= 4 is 111 Å². The molecule has 460 valence electrons. The van der Waals surface area contributed by atoms with Crippen LogP contribution in [0.1, 0.15) is 11.4 Å². The van der Waals surface area contributed by atoms with E-state index in [9.17, 15) is 35.1 Å². The van der Waals surface area contributed by atoms with Crippen LogP contribution in [0.4, 0.5) is 41.2 Å². The number of aromatic amines is 1. The third-order valence-corrected chi connectivity index (χ3v) is 18.4. The predicted molar refractivity (Wildman–Crippen MR) is 342 cm³/mol. The molecule has 7 aromatic heterocycles. The van der Waals surface area contributed by atoms with E-state index in [4.69, 9.17) is 11.6 Å². The Labute approximate surface area is 532 Å². The first-order valence-electron chi connectivity index (χ1n) is 27.3. The topological polar surface area (TPSA) is 317 Å². The molecule has 4 aliphatic rings. The molecule has 7 aromatic rings. The Morgan fingerprint density at radius 2 is 0.793 bits per heavy atom. The number of rotatable bonds is 13. The number of piperazine rings is 4. The molecule has 0 aromatic carbocycles. The zero-order valence-electron chi connectivity index (χ0n) is 48.5. The van der Waals surface area contributed by atoms with E-state index in [1.54, 1.807) is 24.4 Å². The van der Waals surface area contributed by atoms with Crippen molar-refractivity contribution in [3.63, 3.8) is 0 Å². The van der Waals surface area contributed by atoms with Gasteiger partial charge in [-0.2, -0.15) is 4.98 Å². The summed E-state index contributed by atoms with van der Waals surface area (Å²) in [5.74, 6) is 2.26.